The number of nitrogens with zero attached hydrogens (tertiary/aromatic N) is 4. The second-order valence-electron chi connectivity index (χ2n) is 5.22. The SMILES string of the molecule is COCCNC(C)c1nnnn1C1CCC(C)C1. The Morgan fingerprint density at radius 2 is 2.33 bits per heavy atom. The van der Waals surface area contributed by atoms with Crippen LogP contribution in [0.5, 0.6) is 0 Å². The minimum Gasteiger partial charge on any atom is -0.383 e. The Balaban J connectivity index is 1.98. The summed E-state index contributed by atoms with van der Waals surface area (Å²) in [4.78, 5) is 0. The molecular formula is C12H23N5O. The van der Waals surface area contributed by atoms with Crippen molar-refractivity contribution < 1.29 is 4.74 Å². The summed E-state index contributed by atoms with van der Waals surface area (Å²) in [5.74, 6) is 1.72. The number of rotatable bonds is 6. The summed E-state index contributed by atoms with van der Waals surface area (Å²) in [7, 11) is 1.70. The number of ether oxygens (including phenoxy) is 1. The zero-order valence-corrected chi connectivity index (χ0v) is 11.5. The van der Waals surface area contributed by atoms with Gasteiger partial charge in [0.25, 0.3) is 0 Å². The van der Waals surface area contributed by atoms with Crippen molar-refractivity contribution in [2.24, 2.45) is 5.92 Å². The molecule has 0 amide bonds. The molecule has 1 heterocycles. The van der Waals surface area contributed by atoms with E-state index in [0.717, 1.165) is 18.3 Å². The van der Waals surface area contributed by atoms with Gasteiger partial charge in [-0.3, -0.25) is 0 Å². The lowest BCUT2D eigenvalue weighted by Crippen LogP contribution is -2.26. The van der Waals surface area contributed by atoms with Crippen molar-refractivity contribution >= 4 is 0 Å². The Labute approximate surface area is 108 Å². The van der Waals surface area contributed by atoms with Gasteiger partial charge in [-0.15, -0.1) is 5.10 Å². The van der Waals surface area contributed by atoms with Crippen LogP contribution in [0.4, 0.5) is 0 Å². The Hall–Kier alpha value is -1.01. The molecule has 0 aliphatic heterocycles. The smallest absolute Gasteiger partial charge is 0.168 e. The lowest BCUT2D eigenvalue weighted by atomic mass is 10.1. The average Bonchev–Trinajstić information content (AvgIpc) is 2.97. The minimum absolute atomic E-state index is 0.158. The van der Waals surface area contributed by atoms with Crippen LogP contribution in [0.15, 0.2) is 0 Å². The van der Waals surface area contributed by atoms with Crippen molar-refractivity contribution in [1.29, 1.82) is 0 Å². The predicted octanol–water partition coefficient (Wildman–Crippen LogP) is 1.33. The highest BCUT2D eigenvalue weighted by Gasteiger charge is 2.27. The largest absolute Gasteiger partial charge is 0.383 e. The van der Waals surface area contributed by atoms with Gasteiger partial charge in [0.05, 0.1) is 18.7 Å². The van der Waals surface area contributed by atoms with Gasteiger partial charge < -0.3 is 10.1 Å². The van der Waals surface area contributed by atoms with Gasteiger partial charge in [0.2, 0.25) is 0 Å². The molecule has 1 saturated carbocycles. The predicted molar refractivity (Wildman–Crippen MR) is 68.2 cm³/mol. The Kier molecular flexibility index (Phi) is 4.66. The molecule has 18 heavy (non-hydrogen) atoms. The molecule has 1 aromatic heterocycles. The summed E-state index contributed by atoms with van der Waals surface area (Å²) in [5.41, 5.74) is 0. The third-order valence-electron chi connectivity index (χ3n) is 3.68. The molecule has 102 valence electrons. The van der Waals surface area contributed by atoms with E-state index in [1.54, 1.807) is 7.11 Å². The molecule has 0 bridgehead atoms. The van der Waals surface area contributed by atoms with E-state index in [-0.39, 0.29) is 6.04 Å². The van der Waals surface area contributed by atoms with Crippen molar-refractivity contribution in [2.45, 2.75) is 45.2 Å². The molecule has 1 aliphatic carbocycles. The molecule has 1 fully saturated rings. The van der Waals surface area contributed by atoms with Crippen LogP contribution in [-0.2, 0) is 4.74 Å². The number of nitrogens with one attached hydrogen (secondary N) is 1. The van der Waals surface area contributed by atoms with Gasteiger partial charge in [-0.25, -0.2) is 4.68 Å². The summed E-state index contributed by atoms with van der Waals surface area (Å²) in [6.45, 7) is 5.90. The van der Waals surface area contributed by atoms with Crippen LogP contribution in [-0.4, -0.2) is 40.5 Å². The maximum Gasteiger partial charge on any atom is 0.168 e. The van der Waals surface area contributed by atoms with E-state index in [1.807, 2.05) is 4.68 Å². The van der Waals surface area contributed by atoms with Crippen molar-refractivity contribution in [2.75, 3.05) is 20.3 Å². The van der Waals surface area contributed by atoms with Gasteiger partial charge in [0.15, 0.2) is 5.82 Å². The first-order valence-corrected chi connectivity index (χ1v) is 6.72. The van der Waals surface area contributed by atoms with E-state index < -0.39 is 0 Å². The van der Waals surface area contributed by atoms with Crippen molar-refractivity contribution in [3.63, 3.8) is 0 Å². The van der Waals surface area contributed by atoms with Crippen LogP contribution in [0.3, 0.4) is 0 Å². The van der Waals surface area contributed by atoms with E-state index in [4.69, 9.17) is 4.74 Å². The third-order valence-corrected chi connectivity index (χ3v) is 3.68. The molecule has 1 N–H and O–H groups in total. The minimum atomic E-state index is 0.158. The van der Waals surface area contributed by atoms with E-state index >= 15 is 0 Å². The second-order valence-corrected chi connectivity index (χ2v) is 5.22. The molecule has 6 heteroatoms. The zero-order chi connectivity index (χ0) is 13.0. The lowest BCUT2D eigenvalue weighted by molar-refractivity contribution is 0.195. The summed E-state index contributed by atoms with van der Waals surface area (Å²) in [6, 6.07) is 0.628. The van der Waals surface area contributed by atoms with Crippen LogP contribution in [0.2, 0.25) is 0 Å². The monoisotopic (exact) mass is 253 g/mol. The number of aromatic nitrogens is 4. The average molecular weight is 253 g/mol. The highest BCUT2D eigenvalue weighted by Crippen LogP contribution is 2.34. The van der Waals surface area contributed by atoms with Crippen LogP contribution in [0, 0.1) is 5.92 Å². The molecule has 1 aromatic rings. The molecule has 3 atom stereocenters. The van der Waals surface area contributed by atoms with E-state index in [9.17, 15) is 0 Å². The van der Waals surface area contributed by atoms with Crippen LogP contribution in [0.1, 0.15) is 51.0 Å². The number of hydrogen-bond acceptors (Lipinski definition) is 5. The highest BCUT2D eigenvalue weighted by atomic mass is 16.5. The Bertz CT molecular complexity index is 367. The first-order chi connectivity index (χ1) is 8.72. The standard InChI is InChI=1S/C12H23N5O/c1-9-4-5-11(8-9)17-12(14-15-16-17)10(2)13-6-7-18-3/h9-11,13H,4-8H2,1-3H3. The van der Waals surface area contributed by atoms with E-state index in [1.165, 1.54) is 19.3 Å². The first kappa shape index (κ1) is 13.4. The molecule has 1 aliphatic rings. The fraction of sp³-hybridized carbons (Fsp3) is 0.917. The molecule has 2 rings (SSSR count). The fourth-order valence-electron chi connectivity index (χ4n) is 2.61. The summed E-state index contributed by atoms with van der Waals surface area (Å²) in [5, 5.41) is 15.5. The van der Waals surface area contributed by atoms with Gasteiger partial charge in [-0.05, 0) is 42.5 Å². The molecular weight excluding hydrogens is 230 g/mol. The maximum atomic E-state index is 5.03. The molecule has 0 saturated heterocycles. The van der Waals surface area contributed by atoms with Gasteiger partial charge in [-0.1, -0.05) is 6.92 Å². The van der Waals surface area contributed by atoms with Crippen molar-refractivity contribution in [3.8, 4) is 0 Å². The third kappa shape index (κ3) is 3.05. The van der Waals surface area contributed by atoms with Crippen molar-refractivity contribution in [3.05, 3.63) is 5.82 Å². The van der Waals surface area contributed by atoms with Crippen LogP contribution < -0.4 is 5.32 Å². The van der Waals surface area contributed by atoms with Gasteiger partial charge in [0.1, 0.15) is 0 Å². The molecule has 0 aromatic carbocycles. The number of tetrazole rings is 1. The van der Waals surface area contributed by atoms with Gasteiger partial charge in [-0.2, -0.15) is 0 Å². The van der Waals surface area contributed by atoms with Gasteiger partial charge >= 0.3 is 0 Å². The summed E-state index contributed by atoms with van der Waals surface area (Å²) >= 11 is 0. The number of hydrogen-bond donors (Lipinski definition) is 1. The van der Waals surface area contributed by atoms with Crippen LogP contribution in [0.25, 0.3) is 0 Å². The maximum absolute atomic E-state index is 5.03. The van der Waals surface area contributed by atoms with E-state index in [0.29, 0.717) is 12.6 Å². The Morgan fingerprint density at radius 1 is 1.50 bits per heavy atom. The molecule has 0 radical (unpaired) electrons. The van der Waals surface area contributed by atoms with E-state index in [2.05, 4.69) is 34.7 Å². The Morgan fingerprint density at radius 3 is 3.00 bits per heavy atom. The summed E-state index contributed by atoms with van der Waals surface area (Å²) in [6.07, 6.45) is 3.64. The fourth-order valence-corrected chi connectivity index (χ4v) is 2.61. The topological polar surface area (TPSA) is 64.9 Å². The van der Waals surface area contributed by atoms with Gasteiger partial charge in [0, 0.05) is 13.7 Å². The number of methoxy groups -OCH3 is 1. The lowest BCUT2D eigenvalue weighted by Gasteiger charge is -2.17. The molecule has 3 unspecified atom stereocenters. The first-order valence-electron chi connectivity index (χ1n) is 6.72. The normalized spacial score (nSPS) is 25.5. The quantitative estimate of drug-likeness (QED) is 0.775. The molecule has 6 nitrogen and oxygen atoms in total. The second kappa shape index (κ2) is 6.24. The van der Waals surface area contributed by atoms with Crippen LogP contribution >= 0.6 is 0 Å². The van der Waals surface area contributed by atoms with Crippen molar-refractivity contribution in [1.82, 2.24) is 25.5 Å². The highest BCUT2D eigenvalue weighted by molar-refractivity contribution is 4.93. The summed E-state index contributed by atoms with van der Waals surface area (Å²) < 4.78 is 7.04. The zero-order valence-electron chi connectivity index (χ0n) is 11.5. The molecule has 0 spiro atoms.